The minimum absolute atomic E-state index is 0.0534. The lowest BCUT2D eigenvalue weighted by molar-refractivity contribution is -0.0283. The largest absolute Gasteiger partial charge is 0.393 e. The zero-order chi connectivity index (χ0) is 15.0. The summed E-state index contributed by atoms with van der Waals surface area (Å²) in [6.07, 6.45) is 9.20. The Bertz CT molecular complexity index is 320. The maximum Gasteiger partial charge on any atom is 0.0591 e. The van der Waals surface area contributed by atoms with Gasteiger partial charge in [-0.2, -0.15) is 0 Å². The van der Waals surface area contributed by atoms with Crippen molar-refractivity contribution in [3.05, 3.63) is 0 Å². The van der Waals surface area contributed by atoms with Gasteiger partial charge in [-0.3, -0.25) is 0 Å². The summed E-state index contributed by atoms with van der Waals surface area (Å²) in [6.45, 7) is 8.64. The molecule has 118 valence electrons. The standard InChI is InChI=1S/C18H34O2/c1-13(7-5-11-17(2,3)20)14-9-10-15-16(19)8-6-12-18(14,15)4/h13-16,19-20H,5-12H2,1-4H3/t13-,14?,15+,16+,18-/m1/s1. The van der Waals surface area contributed by atoms with Crippen molar-refractivity contribution < 1.29 is 10.2 Å². The van der Waals surface area contributed by atoms with E-state index >= 15 is 0 Å². The van der Waals surface area contributed by atoms with Crippen LogP contribution in [-0.2, 0) is 0 Å². The summed E-state index contributed by atoms with van der Waals surface area (Å²) in [5, 5.41) is 20.1. The topological polar surface area (TPSA) is 40.5 Å². The molecule has 20 heavy (non-hydrogen) atoms. The van der Waals surface area contributed by atoms with Crippen LogP contribution in [0.4, 0.5) is 0 Å². The zero-order valence-corrected chi connectivity index (χ0v) is 13.9. The van der Waals surface area contributed by atoms with Gasteiger partial charge in [0, 0.05) is 0 Å². The first-order valence-corrected chi connectivity index (χ1v) is 8.64. The van der Waals surface area contributed by atoms with Crippen molar-refractivity contribution in [2.24, 2.45) is 23.2 Å². The number of aliphatic hydroxyl groups is 2. The molecule has 2 heteroatoms. The van der Waals surface area contributed by atoms with Gasteiger partial charge < -0.3 is 10.2 Å². The smallest absolute Gasteiger partial charge is 0.0591 e. The van der Waals surface area contributed by atoms with E-state index in [2.05, 4.69) is 13.8 Å². The van der Waals surface area contributed by atoms with Crippen molar-refractivity contribution in [2.45, 2.75) is 90.8 Å². The lowest BCUT2D eigenvalue weighted by atomic mass is 9.61. The Morgan fingerprint density at radius 2 is 1.95 bits per heavy atom. The molecule has 2 aliphatic rings. The Labute approximate surface area is 125 Å². The van der Waals surface area contributed by atoms with Gasteiger partial charge in [0.15, 0.2) is 0 Å². The molecule has 2 aliphatic carbocycles. The molecule has 0 aromatic heterocycles. The number of aliphatic hydroxyl groups excluding tert-OH is 1. The van der Waals surface area contributed by atoms with Gasteiger partial charge in [0.25, 0.3) is 0 Å². The molecule has 1 unspecified atom stereocenters. The number of hydrogen-bond donors (Lipinski definition) is 2. The Balaban J connectivity index is 1.92. The average Bonchev–Trinajstić information content (AvgIpc) is 2.66. The van der Waals surface area contributed by atoms with Crippen molar-refractivity contribution >= 4 is 0 Å². The van der Waals surface area contributed by atoms with Gasteiger partial charge >= 0.3 is 0 Å². The van der Waals surface area contributed by atoms with Gasteiger partial charge in [0.05, 0.1) is 11.7 Å². The van der Waals surface area contributed by atoms with Gasteiger partial charge in [-0.15, -0.1) is 0 Å². The van der Waals surface area contributed by atoms with Crippen LogP contribution in [0.25, 0.3) is 0 Å². The zero-order valence-electron chi connectivity index (χ0n) is 13.9. The fraction of sp³-hybridized carbons (Fsp3) is 1.00. The summed E-state index contributed by atoms with van der Waals surface area (Å²) in [6, 6.07) is 0. The second kappa shape index (κ2) is 5.96. The van der Waals surface area contributed by atoms with E-state index in [1.54, 1.807) is 0 Å². The van der Waals surface area contributed by atoms with Crippen LogP contribution >= 0.6 is 0 Å². The van der Waals surface area contributed by atoms with Crippen molar-refractivity contribution in [1.82, 2.24) is 0 Å². The van der Waals surface area contributed by atoms with Crippen LogP contribution in [0.15, 0.2) is 0 Å². The summed E-state index contributed by atoms with van der Waals surface area (Å²) in [7, 11) is 0. The molecule has 0 radical (unpaired) electrons. The molecular weight excluding hydrogens is 248 g/mol. The Kier molecular flexibility index (Phi) is 4.86. The fourth-order valence-corrected chi connectivity index (χ4v) is 5.18. The maximum absolute atomic E-state index is 10.3. The summed E-state index contributed by atoms with van der Waals surface area (Å²) < 4.78 is 0. The molecule has 2 fully saturated rings. The Morgan fingerprint density at radius 1 is 1.25 bits per heavy atom. The summed E-state index contributed by atoms with van der Waals surface area (Å²) in [5.41, 5.74) is -0.158. The van der Waals surface area contributed by atoms with Gasteiger partial charge in [-0.05, 0) is 69.1 Å². The molecule has 5 atom stereocenters. The highest BCUT2D eigenvalue weighted by molar-refractivity contribution is 5.01. The normalized spacial score (nSPS) is 39.6. The van der Waals surface area contributed by atoms with Crippen LogP contribution in [0, 0.1) is 23.2 Å². The van der Waals surface area contributed by atoms with Crippen LogP contribution in [0.3, 0.4) is 0 Å². The number of fused-ring (bicyclic) bond motifs is 1. The van der Waals surface area contributed by atoms with Crippen LogP contribution in [-0.4, -0.2) is 21.9 Å². The van der Waals surface area contributed by atoms with E-state index < -0.39 is 5.60 Å². The molecule has 0 spiro atoms. The molecule has 0 aromatic carbocycles. The average molecular weight is 282 g/mol. The second-order valence-electron chi connectivity index (χ2n) is 8.44. The third kappa shape index (κ3) is 3.39. The van der Waals surface area contributed by atoms with Crippen LogP contribution in [0.2, 0.25) is 0 Å². The minimum atomic E-state index is -0.525. The van der Waals surface area contributed by atoms with Crippen molar-refractivity contribution in [2.75, 3.05) is 0 Å². The third-order valence-corrected chi connectivity index (χ3v) is 6.30. The minimum Gasteiger partial charge on any atom is -0.393 e. The van der Waals surface area contributed by atoms with Gasteiger partial charge in [-0.25, -0.2) is 0 Å². The molecule has 0 heterocycles. The summed E-state index contributed by atoms with van der Waals surface area (Å²) >= 11 is 0. The van der Waals surface area contributed by atoms with Crippen molar-refractivity contribution in [3.8, 4) is 0 Å². The van der Waals surface area contributed by atoms with Crippen LogP contribution < -0.4 is 0 Å². The van der Waals surface area contributed by atoms with Crippen LogP contribution in [0.1, 0.15) is 79.1 Å². The predicted octanol–water partition coefficient (Wildman–Crippen LogP) is 4.14. The summed E-state index contributed by atoms with van der Waals surface area (Å²) in [4.78, 5) is 0. The first-order valence-electron chi connectivity index (χ1n) is 8.64. The molecule has 0 aromatic rings. The number of hydrogen-bond acceptors (Lipinski definition) is 2. The Morgan fingerprint density at radius 3 is 2.60 bits per heavy atom. The monoisotopic (exact) mass is 282 g/mol. The highest BCUT2D eigenvalue weighted by atomic mass is 16.3. The molecule has 2 N–H and O–H groups in total. The first kappa shape index (κ1) is 16.3. The van der Waals surface area contributed by atoms with E-state index in [1.165, 1.54) is 32.1 Å². The molecular formula is C18H34O2. The molecule has 0 saturated heterocycles. The molecule has 0 amide bonds. The molecule has 0 aliphatic heterocycles. The lowest BCUT2D eigenvalue weighted by Gasteiger charge is -2.45. The van der Waals surface area contributed by atoms with E-state index in [0.29, 0.717) is 11.3 Å². The lowest BCUT2D eigenvalue weighted by Crippen LogP contribution is -2.41. The molecule has 2 rings (SSSR count). The Hall–Kier alpha value is -0.0800. The van der Waals surface area contributed by atoms with E-state index in [9.17, 15) is 10.2 Å². The van der Waals surface area contributed by atoms with E-state index in [0.717, 1.165) is 31.1 Å². The van der Waals surface area contributed by atoms with Gasteiger partial charge in [0.1, 0.15) is 0 Å². The quantitative estimate of drug-likeness (QED) is 0.795. The van der Waals surface area contributed by atoms with E-state index in [-0.39, 0.29) is 6.10 Å². The highest BCUT2D eigenvalue weighted by Crippen LogP contribution is 2.58. The molecule has 0 bridgehead atoms. The second-order valence-corrected chi connectivity index (χ2v) is 8.44. The van der Waals surface area contributed by atoms with Crippen LogP contribution in [0.5, 0.6) is 0 Å². The van der Waals surface area contributed by atoms with Crippen molar-refractivity contribution in [3.63, 3.8) is 0 Å². The van der Waals surface area contributed by atoms with Gasteiger partial charge in [-0.1, -0.05) is 33.1 Å². The highest BCUT2D eigenvalue weighted by Gasteiger charge is 2.51. The van der Waals surface area contributed by atoms with Gasteiger partial charge in [0.2, 0.25) is 0 Å². The third-order valence-electron chi connectivity index (χ3n) is 6.30. The number of rotatable bonds is 5. The first-order chi connectivity index (χ1) is 9.24. The van der Waals surface area contributed by atoms with E-state index in [4.69, 9.17) is 0 Å². The SMILES string of the molecule is C[C@H](CCCC(C)(C)O)C1CC[C@H]2[C@@H](O)CCC[C@]12C. The van der Waals surface area contributed by atoms with Crippen molar-refractivity contribution in [1.29, 1.82) is 0 Å². The maximum atomic E-state index is 10.3. The molecule has 2 nitrogen and oxygen atoms in total. The fourth-order valence-electron chi connectivity index (χ4n) is 5.18. The predicted molar refractivity (Wildman–Crippen MR) is 83.5 cm³/mol. The van der Waals surface area contributed by atoms with E-state index in [1.807, 2.05) is 13.8 Å². The summed E-state index contributed by atoms with van der Waals surface area (Å²) in [5.74, 6) is 2.03. The molecule has 2 saturated carbocycles.